The van der Waals surface area contributed by atoms with Gasteiger partial charge in [0.15, 0.2) is 0 Å². The predicted octanol–water partition coefficient (Wildman–Crippen LogP) is 1.32. The van der Waals surface area contributed by atoms with E-state index in [0.29, 0.717) is 13.0 Å². The highest BCUT2D eigenvalue weighted by atomic mass is 16.5. The molecule has 2 rings (SSSR count). The lowest BCUT2D eigenvalue weighted by Crippen LogP contribution is -2.27. The summed E-state index contributed by atoms with van der Waals surface area (Å²) < 4.78 is 5.09. The van der Waals surface area contributed by atoms with Crippen LogP contribution in [-0.2, 0) is 17.6 Å². The van der Waals surface area contributed by atoms with Gasteiger partial charge in [-0.1, -0.05) is 12.1 Å². The largest absolute Gasteiger partial charge is 0.497 e. The van der Waals surface area contributed by atoms with E-state index in [1.54, 1.807) is 19.6 Å². The van der Waals surface area contributed by atoms with Gasteiger partial charge in [0.2, 0.25) is 5.91 Å². The van der Waals surface area contributed by atoms with Crippen LogP contribution in [0.15, 0.2) is 36.8 Å². The first-order valence-corrected chi connectivity index (χ1v) is 6.15. The Morgan fingerprint density at radius 1 is 1.37 bits per heavy atom. The Kier molecular flexibility index (Phi) is 4.55. The molecule has 0 radical (unpaired) electrons. The van der Waals surface area contributed by atoms with Crippen molar-refractivity contribution in [3.8, 4) is 5.75 Å². The van der Waals surface area contributed by atoms with Gasteiger partial charge in [-0.15, -0.1) is 0 Å². The average molecular weight is 259 g/mol. The van der Waals surface area contributed by atoms with Crippen LogP contribution in [0.2, 0.25) is 0 Å². The number of carbonyl (C=O) groups excluding carboxylic acids is 1. The van der Waals surface area contributed by atoms with Gasteiger partial charge in [-0.25, -0.2) is 4.98 Å². The van der Waals surface area contributed by atoms with Crippen molar-refractivity contribution >= 4 is 5.91 Å². The van der Waals surface area contributed by atoms with Crippen LogP contribution in [0.1, 0.15) is 11.3 Å². The second-order valence-electron chi connectivity index (χ2n) is 4.20. The maximum atomic E-state index is 11.6. The Balaban J connectivity index is 1.72. The molecule has 0 unspecified atom stereocenters. The van der Waals surface area contributed by atoms with E-state index in [4.69, 9.17) is 4.74 Å². The lowest BCUT2D eigenvalue weighted by molar-refractivity contribution is -0.120. The predicted molar refractivity (Wildman–Crippen MR) is 72.0 cm³/mol. The quantitative estimate of drug-likeness (QED) is 0.822. The molecule has 0 bridgehead atoms. The molecule has 2 N–H and O–H groups in total. The molecule has 0 saturated heterocycles. The Morgan fingerprint density at radius 2 is 2.16 bits per heavy atom. The molecule has 1 aromatic heterocycles. The molecule has 0 atom stereocenters. The van der Waals surface area contributed by atoms with E-state index >= 15 is 0 Å². The molecule has 1 aromatic carbocycles. The molecule has 0 aliphatic rings. The van der Waals surface area contributed by atoms with Crippen molar-refractivity contribution in [3.63, 3.8) is 0 Å². The van der Waals surface area contributed by atoms with Crippen LogP contribution in [0.3, 0.4) is 0 Å². The third-order valence-electron chi connectivity index (χ3n) is 2.80. The number of rotatable bonds is 6. The number of hydrogen-bond acceptors (Lipinski definition) is 3. The van der Waals surface area contributed by atoms with E-state index in [-0.39, 0.29) is 5.91 Å². The first kappa shape index (κ1) is 13.1. The van der Waals surface area contributed by atoms with Crippen LogP contribution < -0.4 is 10.1 Å². The summed E-state index contributed by atoms with van der Waals surface area (Å²) in [5, 5.41) is 2.88. The molecule has 1 heterocycles. The van der Waals surface area contributed by atoms with Crippen LogP contribution in [0.25, 0.3) is 0 Å². The second kappa shape index (κ2) is 6.58. The number of benzene rings is 1. The van der Waals surface area contributed by atoms with Gasteiger partial charge >= 0.3 is 0 Å². The third kappa shape index (κ3) is 4.13. The number of methoxy groups -OCH3 is 1. The molecule has 5 nitrogen and oxygen atoms in total. The van der Waals surface area contributed by atoms with Crippen molar-refractivity contribution in [3.05, 3.63) is 48.0 Å². The number of aromatic nitrogens is 2. The minimum absolute atomic E-state index is 0.00207. The normalized spacial score (nSPS) is 10.2. The molecule has 0 aliphatic heterocycles. The zero-order chi connectivity index (χ0) is 13.5. The Hall–Kier alpha value is -2.30. The van der Waals surface area contributed by atoms with Crippen molar-refractivity contribution in [2.45, 2.75) is 12.8 Å². The fourth-order valence-electron chi connectivity index (χ4n) is 1.76. The molecule has 0 fully saturated rings. The smallest absolute Gasteiger partial charge is 0.226 e. The zero-order valence-electron chi connectivity index (χ0n) is 10.8. The molecular formula is C14H17N3O2. The summed E-state index contributed by atoms with van der Waals surface area (Å²) in [6.07, 6.45) is 4.37. The Morgan fingerprint density at radius 3 is 2.79 bits per heavy atom. The van der Waals surface area contributed by atoms with Gasteiger partial charge in [0.25, 0.3) is 0 Å². The highest BCUT2D eigenvalue weighted by Gasteiger charge is 2.03. The number of H-pyrrole nitrogens is 1. The van der Waals surface area contributed by atoms with Crippen molar-refractivity contribution in [1.29, 1.82) is 0 Å². The topological polar surface area (TPSA) is 67.0 Å². The summed E-state index contributed by atoms with van der Waals surface area (Å²) in [5.41, 5.74) is 1.99. The fourth-order valence-corrected chi connectivity index (χ4v) is 1.76. The number of hydrogen-bond donors (Lipinski definition) is 2. The summed E-state index contributed by atoms with van der Waals surface area (Å²) in [4.78, 5) is 18.4. The Bertz CT molecular complexity index is 506. The molecule has 0 spiro atoms. The molecule has 0 aliphatic carbocycles. The van der Waals surface area contributed by atoms with Crippen LogP contribution in [0, 0.1) is 0 Å². The van der Waals surface area contributed by atoms with Crippen molar-refractivity contribution in [2.75, 3.05) is 13.7 Å². The van der Waals surface area contributed by atoms with E-state index in [9.17, 15) is 4.79 Å². The lowest BCUT2D eigenvalue weighted by atomic mass is 10.1. The molecule has 0 saturated carbocycles. The van der Waals surface area contributed by atoms with Crippen LogP contribution in [-0.4, -0.2) is 29.5 Å². The zero-order valence-corrected chi connectivity index (χ0v) is 10.8. The summed E-state index contributed by atoms with van der Waals surface area (Å²) >= 11 is 0. The van der Waals surface area contributed by atoms with E-state index in [2.05, 4.69) is 15.3 Å². The minimum Gasteiger partial charge on any atom is -0.497 e. The third-order valence-corrected chi connectivity index (χ3v) is 2.80. The molecular weight excluding hydrogens is 242 g/mol. The monoisotopic (exact) mass is 259 g/mol. The lowest BCUT2D eigenvalue weighted by Gasteiger charge is -2.05. The summed E-state index contributed by atoms with van der Waals surface area (Å²) in [7, 11) is 1.64. The summed E-state index contributed by atoms with van der Waals surface area (Å²) in [6.45, 7) is 0.624. The first-order valence-electron chi connectivity index (χ1n) is 6.15. The summed E-state index contributed by atoms with van der Waals surface area (Å²) in [6, 6.07) is 7.84. The number of amides is 1. The standard InChI is InChI=1S/C14H17N3O2/c1-19-13-4-2-11(3-5-13)6-7-16-14(18)8-12-9-15-10-17-12/h2-5,9-10H,6-8H2,1H3,(H,15,17)(H,16,18). The number of ether oxygens (including phenoxy) is 1. The highest BCUT2D eigenvalue weighted by Crippen LogP contribution is 2.11. The van der Waals surface area contributed by atoms with E-state index in [1.165, 1.54) is 5.56 Å². The summed E-state index contributed by atoms with van der Waals surface area (Å²) in [5.74, 6) is 0.838. The van der Waals surface area contributed by atoms with Gasteiger partial charge in [0.1, 0.15) is 5.75 Å². The minimum atomic E-state index is -0.00207. The molecule has 5 heteroatoms. The number of carbonyl (C=O) groups is 1. The number of nitrogens with zero attached hydrogens (tertiary/aromatic N) is 1. The highest BCUT2D eigenvalue weighted by molar-refractivity contribution is 5.77. The Labute approximate surface area is 112 Å². The maximum absolute atomic E-state index is 11.6. The van der Waals surface area contributed by atoms with Gasteiger partial charge in [-0.05, 0) is 24.1 Å². The van der Waals surface area contributed by atoms with Crippen LogP contribution in [0.5, 0.6) is 5.75 Å². The molecule has 2 aromatic rings. The fraction of sp³-hybridized carbons (Fsp3) is 0.286. The van der Waals surface area contributed by atoms with Gasteiger partial charge in [-0.2, -0.15) is 0 Å². The number of imidazole rings is 1. The second-order valence-corrected chi connectivity index (χ2v) is 4.20. The first-order chi connectivity index (χ1) is 9.28. The molecule has 1 amide bonds. The number of nitrogens with one attached hydrogen (secondary N) is 2. The van der Waals surface area contributed by atoms with Gasteiger partial charge in [0.05, 0.1) is 19.9 Å². The molecule has 100 valence electrons. The average Bonchev–Trinajstić information content (AvgIpc) is 2.92. The van der Waals surface area contributed by atoms with Gasteiger partial charge in [-0.3, -0.25) is 4.79 Å². The van der Waals surface area contributed by atoms with Gasteiger partial charge in [0, 0.05) is 18.4 Å². The van der Waals surface area contributed by atoms with Crippen LogP contribution in [0.4, 0.5) is 0 Å². The van der Waals surface area contributed by atoms with E-state index in [0.717, 1.165) is 17.9 Å². The molecule has 19 heavy (non-hydrogen) atoms. The SMILES string of the molecule is COc1ccc(CCNC(=O)Cc2cnc[nH]2)cc1. The van der Waals surface area contributed by atoms with E-state index in [1.807, 2.05) is 24.3 Å². The maximum Gasteiger partial charge on any atom is 0.226 e. The van der Waals surface area contributed by atoms with E-state index < -0.39 is 0 Å². The van der Waals surface area contributed by atoms with Gasteiger partial charge < -0.3 is 15.0 Å². The van der Waals surface area contributed by atoms with Crippen molar-refractivity contribution in [1.82, 2.24) is 15.3 Å². The van der Waals surface area contributed by atoms with Crippen molar-refractivity contribution < 1.29 is 9.53 Å². The van der Waals surface area contributed by atoms with Crippen LogP contribution >= 0.6 is 0 Å². The number of aromatic amines is 1. The van der Waals surface area contributed by atoms with Crippen molar-refractivity contribution in [2.24, 2.45) is 0 Å².